The van der Waals surface area contributed by atoms with Gasteiger partial charge in [-0.05, 0) is 57.1 Å². The molecular weight excluding hydrogens is 226 g/mol. The number of carbonyl (C=O) groups excluding carboxylic acids is 1. The minimum atomic E-state index is -0.0382. The number of anilines is 1. The quantitative estimate of drug-likeness (QED) is 0.612. The zero-order valence-corrected chi connectivity index (χ0v) is 10.7. The van der Waals surface area contributed by atoms with E-state index in [1.165, 1.54) is 25.9 Å². The lowest BCUT2D eigenvalue weighted by molar-refractivity contribution is 0.0952. The van der Waals surface area contributed by atoms with Crippen LogP contribution in [0.2, 0.25) is 0 Å². The molecule has 1 aliphatic rings. The van der Waals surface area contributed by atoms with E-state index in [-0.39, 0.29) is 5.91 Å². The van der Waals surface area contributed by atoms with Crippen molar-refractivity contribution in [3.63, 3.8) is 0 Å². The molecule has 1 amide bonds. The van der Waals surface area contributed by atoms with Crippen molar-refractivity contribution in [2.45, 2.75) is 19.3 Å². The number of carbonyl (C=O) groups is 1. The molecule has 0 aliphatic carbocycles. The number of rotatable bonds is 5. The Kier molecular flexibility index (Phi) is 4.59. The Bertz CT molecular complexity index is 400. The second-order valence-corrected chi connectivity index (χ2v) is 4.78. The summed E-state index contributed by atoms with van der Waals surface area (Å²) in [6.07, 6.45) is 3.64. The van der Waals surface area contributed by atoms with E-state index < -0.39 is 0 Å². The maximum Gasteiger partial charge on any atom is 0.251 e. The van der Waals surface area contributed by atoms with Crippen LogP contribution < -0.4 is 11.1 Å². The lowest BCUT2D eigenvalue weighted by Gasteiger charge is -2.14. The fourth-order valence-electron chi connectivity index (χ4n) is 2.29. The first-order valence-corrected chi connectivity index (χ1v) is 6.62. The molecule has 0 atom stereocenters. The third-order valence-electron chi connectivity index (χ3n) is 3.28. The highest BCUT2D eigenvalue weighted by Crippen LogP contribution is 2.08. The summed E-state index contributed by atoms with van der Waals surface area (Å²) < 4.78 is 0. The lowest BCUT2D eigenvalue weighted by atomic mass is 10.2. The van der Waals surface area contributed by atoms with Crippen LogP contribution in [-0.4, -0.2) is 37.0 Å². The van der Waals surface area contributed by atoms with Gasteiger partial charge >= 0.3 is 0 Å². The molecule has 1 aliphatic heterocycles. The normalized spacial score (nSPS) is 15.8. The number of nitrogens with zero attached hydrogens (tertiary/aromatic N) is 1. The minimum Gasteiger partial charge on any atom is -0.399 e. The van der Waals surface area contributed by atoms with Crippen LogP contribution in [0.3, 0.4) is 0 Å². The number of likely N-dealkylation sites (tertiary alicyclic amines) is 1. The summed E-state index contributed by atoms with van der Waals surface area (Å²) in [5, 5.41) is 2.93. The zero-order chi connectivity index (χ0) is 12.8. The van der Waals surface area contributed by atoms with Crippen molar-refractivity contribution in [3.8, 4) is 0 Å². The van der Waals surface area contributed by atoms with E-state index in [9.17, 15) is 4.79 Å². The summed E-state index contributed by atoms with van der Waals surface area (Å²) in [5.74, 6) is -0.0382. The summed E-state index contributed by atoms with van der Waals surface area (Å²) in [4.78, 5) is 14.3. The van der Waals surface area contributed by atoms with E-state index in [0.717, 1.165) is 19.5 Å². The molecule has 2 rings (SSSR count). The Balaban J connectivity index is 1.68. The molecule has 1 aromatic rings. The first-order valence-electron chi connectivity index (χ1n) is 6.62. The Morgan fingerprint density at radius 1 is 1.33 bits per heavy atom. The highest BCUT2D eigenvalue weighted by Gasteiger charge is 2.10. The van der Waals surface area contributed by atoms with Crippen molar-refractivity contribution in [1.29, 1.82) is 0 Å². The van der Waals surface area contributed by atoms with Gasteiger partial charge in [-0.2, -0.15) is 0 Å². The first kappa shape index (κ1) is 12.9. The SMILES string of the molecule is Nc1cccc(C(=O)NCCCN2CCCC2)c1. The summed E-state index contributed by atoms with van der Waals surface area (Å²) in [6.45, 7) is 4.23. The fraction of sp³-hybridized carbons (Fsp3) is 0.500. The van der Waals surface area contributed by atoms with E-state index in [1.807, 2.05) is 0 Å². The largest absolute Gasteiger partial charge is 0.399 e. The van der Waals surface area contributed by atoms with E-state index in [0.29, 0.717) is 11.3 Å². The van der Waals surface area contributed by atoms with Crippen LogP contribution in [-0.2, 0) is 0 Å². The van der Waals surface area contributed by atoms with Gasteiger partial charge in [0.15, 0.2) is 0 Å². The topological polar surface area (TPSA) is 58.4 Å². The molecule has 3 N–H and O–H groups in total. The number of amides is 1. The van der Waals surface area contributed by atoms with Gasteiger partial charge in [-0.3, -0.25) is 4.79 Å². The molecular formula is C14H21N3O. The molecule has 4 heteroatoms. The van der Waals surface area contributed by atoms with Crippen LogP contribution in [0.15, 0.2) is 24.3 Å². The summed E-state index contributed by atoms with van der Waals surface area (Å²) >= 11 is 0. The Morgan fingerprint density at radius 2 is 2.11 bits per heavy atom. The molecule has 1 saturated heterocycles. The molecule has 98 valence electrons. The summed E-state index contributed by atoms with van der Waals surface area (Å²) in [5.41, 5.74) is 6.91. The second kappa shape index (κ2) is 6.40. The zero-order valence-electron chi connectivity index (χ0n) is 10.7. The summed E-state index contributed by atoms with van der Waals surface area (Å²) in [7, 11) is 0. The molecule has 18 heavy (non-hydrogen) atoms. The van der Waals surface area contributed by atoms with Crippen molar-refractivity contribution in [3.05, 3.63) is 29.8 Å². The second-order valence-electron chi connectivity index (χ2n) is 4.78. The van der Waals surface area contributed by atoms with E-state index >= 15 is 0 Å². The lowest BCUT2D eigenvalue weighted by Crippen LogP contribution is -2.28. The van der Waals surface area contributed by atoms with E-state index in [1.54, 1.807) is 24.3 Å². The third kappa shape index (κ3) is 3.74. The van der Waals surface area contributed by atoms with E-state index in [2.05, 4.69) is 10.2 Å². The average molecular weight is 247 g/mol. The maximum absolute atomic E-state index is 11.8. The van der Waals surface area contributed by atoms with Crippen molar-refractivity contribution in [2.75, 3.05) is 31.9 Å². The van der Waals surface area contributed by atoms with Gasteiger partial charge < -0.3 is 16.0 Å². The van der Waals surface area contributed by atoms with Crippen molar-refractivity contribution in [1.82, 2.24) is 10.2 Å². The molecule has 0 radical (unpaired) electrons. The molecule has 4 nitrogen and oxygen atoms in total. The van der Waals surface area contributed by atoms with Crippen LogP contribution in [0.1, 0.15) is 29.6 Å². The van der Waals surface area contributed by atoms with Gasteiger partial charge in [-0.1, -0.05) is 6.07 Å². The molecule has 1 fully saturated rings. The maximum atomic E-state index is 11.8. The van der Waals surface area contributed by atoms with Crippen LogP contribution in [0.5, 0.6) is 0 Å². The number of hydrogen-bond acceptors (Lipinski definition) is 3. The molecule has 0 bridgehead atoms. The third-order valence-corrected chi connectivity index (χ3v) is 3.28. The molecule has 0 unspecified atom stereocenters. The Labute approximate surface area is 108 Å². The Morgan fingerprint density at radius 3 is 2.83 bits per heavy atom. The first-order chi connectivity index (χ1) is 8.75. The number of nitrogens with two attached hydrogens (primary N) is 1. The van der Waals surface area contributed by atoms with Crippen LogP contribution in [0, 0.1) is 0 Å². The van der Waals surface area contributed by atoms with Crippen LogP contribution in [0.25, 0.3) is 0 Å². The average Bonchev–Trinajstić information content (AvgIpc) is 2.87. The standard InChI is InChI=1S/C14H21N3O/c15-13-6-3-5-12(11-13)14(18)16-7-4-10-17-8-1-2-9-17/h3,5-6,11H,1-2,4,7-10,15H2,(H,16,18). The van der Waals surface area contributed by atoms with Crippen LogP contribution in [0.4, 0.5) is 5.69 Å². The molecule has 0 saturated carbocycles. The fourth-order valence-corrected chi connectivity index (χ4v) is 2.29. The predicted octanol–water partition coefficient (Wildman–Crippen LogP) is 1.48. The number of benzene rings is 1. The Hall–Kier alpha value is -1.55. The monoisotopic (exact) mass is 247 g/mol. The number of nitrogens with one attached hydrogen (secondary N) is 1. The number of hydrogen-bond donors (Lipinski definition) is 2. The molecule has 1 heterocycles. The van der Waals surface area contributed by atoms with Gasteiger partial charge in [0.2, 0.25) is 0 Å². The van der Waals surface area contributed by atoms with Gasteiger partial charge in [0.1, 0.15) is 0 Å². The highest BCUT2D eigenvalue weighted by molar-refractivity contribution is 5.94. The van der Waals surface area contributed by atoms with E-state index in [4.69, 9.17) is 5.73 Å². The van der Waals surface area contributed by atoms with Crippen molar-refractivity contribution < 1.29 is 4.79 Å². The molecule has 0 spiro atoms. The smallest absolute Gasteiger partial charge is 0.251 e. The highest BCUT2D eigenvalue weighted by atomic mass is 16.1. The van der Waals surface area contributed by atoms with Crippen molar-refractivity contribution in [2.24, 2.45) is 0 Å². The van der Waals surface area contributed by atoms with Gasteiger partial charge in [-0.15, -0.1) is 0 Å². The predicted molar refractivity (Wildman–Crippen MR) is 73.5 cm³/mol. The number of nitrogen functional groups attached to an aromatic ring is 1. The summed E-state index contributed by atoms with van der Waals surface area (Å²) in [6, 6.07) is 7.07. The van der Waals surface area contributed by atoms with Gasteiger partial charge in [0.05, 0.1) is 0 Å². The van der Waals surface area contributed by atoms with Crippen molar-refractivity contribution >= 4 is 11.6 Å². The van der Waals surface area contributed by atoms with Gasteiger partial charge in [0, 0.05) is 17.8 Å². The molecule has 0 aromatic heterocycles. The van der Waals surface area contributed by atoms with Gasteiger partial charge in [0.25, 0.3) is 5.91 Å². The minimum absolute atomic E-state index is 0.0382. The van der Waals surface area contributed by atoms with Crippen LogP contribution >= 0.6 is 0 Å². The van der Waals surface area contributed by atoms with Gasteiger partial charge in [-0.25, -0.2) is 0 Å². The molecule has 1 aromatic carbocycles.